The third kappa shape index (κ3) is 2.17. The van der Waals surface area contributed by atoms with Gasteiger partial charge >= 0.3 is 0 Å². The van der Waals surface area contributed by atoms with Crippen LogP contribution in [0, 0.1) is 14.3 Å². The topological polar surface area (TPSA) is 0 Å². The van der Waals surface area contributed by atoms with Gasteiger partial charge in [-0.25, -0.2) is 0 Å². The van der Waals surface area contributed by atoms with Gasteiger partial charge in [0.25, 0.3) is 0 Å². The summed E-state index contributed by atoms with van der Waals surface area (Å²) < 4.78 is 5.37. The van der Waals surface area contributed by atoms with Gasteiger partial charge in [-0.2, -0.15) is 0 Å². The van der Waals surface area contributed by atoms with E-state index in [0.29, 0.717) is 0 Å². The normalized spacial score (nSPS) is 10.9. The number of halogens is 4. The molecule has 2 aromatic rings. The molecule has 0 amide bonds. The Morgan fingerprint density at radius 3 is 2.21 bits per heavy atom. The van der Waals surface area contributed by atoms with Crippen LogP contribution >= 0.6 is 90.4 Å². The highest BCUT2D eigenvalue weighted by Crippen LogP contribution is 2.32. The predicted molar refractivity (Wildman–Crippen MR) is 94.8 cm³/mol. The van der Waals surface area contributed by atoms with Gasteiger partial charge in [0, 0.05) is 19.7 Å². The Bertz CT molecular complexity index is 505. The first-order chi connectivity index (χ1) is 6.61. The molecular formula is C10H4I4. The molecule has 0 aliphatic rings. The SMILES string of the molecule is Ic1cc(I)c2c(I)cccc2c1I. The number of fused-ring (bicyclic) bond motifs is 1. The summed E-state index contributed by atoms with van der Waals surface area (Å²) in [6.07, 6.45) is 0. The van der Waals surface area contributed by atoms with Crippen molar-refractivity contribution < 1.29 is 0 Å². The second-order valence-corrected chi connectivity index (χ2v) is 7.38. The van der Waals surface area contributed by atoms with Crippen molar-refractivity contribution in [1.29, 1.82) is 0 Å². The highest BCUT2D eigenvalue weighted by Gasteiger charge is 2.08. The van der Waals surface area contributed by atoms with Gasteiger partial charge in [-0.3, -0.25) is 0 Å². The standard InChI is InChI=1S/C10H4I4/c11-6-3-1-2-5-9(6)7(12)4-8(13)10(5)14/h1-4H. The van der Waals surface area contributed by atoms with E-state index in [0.717, 1.165) is 0 Å². The highest BCUT2D eigenvalue weighted by molar-refractivity contribution is 14.1. The minimum absolute atomic E-state index is 1.33. The number of rotatable bonds is 0. The summed E-state index contributed by atoms with van der Waals surface area (Å²) in [5.74, 6) is 0. The molecule has 4 heteroatoms. The van der Waals surface area contributed by atoms with Crippen molar-refractivity contribution in [3.8, 4) is 0 Å². The molecule has 0 aliphatic heterocycles. The molecule has 0 aromatic heterocycles. The van der Waals surface area contributed by atoms with Gasteiger partial charge in [-0.05, 0) is 108 Å². The lowest BCUT2D eigenvalue weighted by molar-refractivity contribution is 1.59. The maximum atomic E-state index is 2.42. The van der Waals surface area contributed by atoms with E-state index in [-0.39, 0.29) is 0 Å². The molecule has 2 rings (SSSR count). The van der Waals surface area contributed by atoms with Crippen LogP contribution in [-0.2, 0) is 0 Å². The minimum Gasteiger partial charge on any atom is -0.0605 e. The first-order valence-electron chi connectivity index (χ1n) is 3.83. The summed E-state index contributed by atoms with van der Waals surface area (Å²) in [4.78, 5) is 0. The zero-order chi connectivity index (χ0) is 10.3. The van der Waals surface area contributed by atoms with E-state index in [4.69, 9.17) is 0 Å². The van der Waals surface area contributed by atoms with Gasteiger partial charge in [0.05, 0.1) is 0 Å². The third-order valence-corrected chi connectivity index (χ3v) is 6.75. The summed E-state index contributed by atoms with van der Waals surface area (Å²) in [6, 6.07) is 8.73. The Balaban J connectivity index is 3.02. The monoisotopic (exact) mass is 632 g/mol. The first-order valence-corrected chi connectivity index (χ1v) is 8.14. The Morgan fingerprint density at radius 2 is 1.50 bits per heavy atom. The Labute approximate surface area is 137 Å². The zero-order valence-corrected chi connectivity index (χ0v) is 15.5. The molecule has 0 unspecified atom stereocenters. The number of benzene rings is 2. The molecule has 0 aliphatic carbocycles. The summed E-state index contributed by atoms with van der Waals surface area (Å²) in [6.45, 7) is 0. The van der Waals surface area contributed by atoms with Gasteiger partial charge in [0.1, 0.15) is 0 Å². The summed E-state index contributed by atoms with van der Waals surface area (Å²) in [5.41, 5.74) is 0. The predicted octanol–water partition coefficient (Wildman–Crippen LogP) is 5.26. The quantitative estimate of drug-likeness (QED) is 0.275. The van der Waals surface area contributed by atoms with Crippen LogP contribution in [0.5, 0.6) is 0 Å². The van der Waals surface area contributed by atoms with Crippen molar-refractivity contribution >= 4 is 101 Å². The highest BCUT2D eigenvalue weighted by atomic mass is 127. The fourth-order valence-corrected chi connectivity index (χ4v) is 5.33. The molecular weight excluding hydrogens is 628 g/mol. The van der Waals surface area contributed by atoms with Crippen LogP contribution in [0.2, 0.25) is 0 Å². The molecule has 0 heterocycles. The van der Waals surface area contributed by atoms with Crippen molar-refractivity contribution in [2.75, 3.05) is 0 Å². The van der Waals surface area contributed by atoms with Crippen molar-refractivity contribution in [2.45, 2.75) is 0 Å². The molecule has 0 nitrogen and oxygen atoms in total. The molecule has 0 fully saturated rings. The van der Waals surface area contributed by atoms with Crippen molar-refractivity contribution in [3.63, 3.8) is 0 Å². The molecule has 0 N–H and O–H groups in total. The molecule has 0 saturated heterocycles. The van der Waals surface area contributed by atoms with Crippen LogP contribution < -0.4 is 0 Å². The Kier molecular flexibility index (Phi) is 4.20. The average molecular weight is 632 g/mol. The number of hydrogen-bond acceptors (Lipinski definition) is 0. The Morgan fingerprint density at radius 1 is 0.786 bits per heavy atom. The van der Waals surface area contributed by atoms with E-state index in [2.05, 4.69) is 115 Å². The lowest BCUT2D eigenvalue weighted by Gasteiger charge is -2.07. The van der Waals surface area contributed by atoms with Gasteiger partial charge in [-0.15, -0.1) is 0 Å². The molecule has 14 heavy (non-hydrogen) atoms. The van der Waals surface area contributed by atoms with Crippen LogP contribution in [-0.4, -0.2) is 0 Å². The minimum atomic E-state index is 1.33. The van der Waals surface area contributed by atoms with Crippen LogP contribution in [0.1, 0.15) is 0 Å². The zero-order valence-electron chi connectivity index (χ0n) is 6.82. The van der Waals surface area contributed by atoms with E-state index in [9.17, 15) is 0 Å². The van der Waals surface area contributed by atoms with Crippen molar-refractivity contribution in [1.82, 2.24) is 0 Å². The second-order valence-electron chi connectivity index (χ2n) is 2.82. The Hall–Kier alpha value is 1.62. The summed E-state index contributed by atoms with van der Waals surface area (Å²) in [7, 11) is 0. The molecule has 72 valence electrons. The first kappa shape index (κ1) is 12.1. The average Bonchev–Trinajstić information content (AvgIpc) is 2.14. The van der Waals surface area contributed by atoms with E-state index in [1.165, 1.54) is 25.1 Å². The molecule has 0 radical (unpaired) electrons. The van der Waals surface area contributed by atoms with Crippen LogP contribution in [0.4, 0.5) is 0 Å². The smallest absolute Gasteiger partial charge is 0.0343 e. The van der Waals surface area contributed by atoms with Gasteiger partial charge < -0.3 is 0 Å². The van der Waals surface area contributed by atoms with Crippen LogP contribution in [0.3, 0.4) is 0 Å². The lowest BCUT2D eigenvalue weighted by Crippen LogP contribution is -1.89. The molecule has 0 bridgehead atoms. The van der Waals surface area contributed by atoms with E-state index in [1.54, 1.807) is 0 Å². The largest absolute Gasteiger partial charge is 0.0605 e. The van der Waals surface area contributed by atoms with Crippen molar-refractivity contribution in [3.05, 3.63) is 38.5 Å². The van der Waals surface area contributed by atoms with E-state index < -0.39 is 0 Å². The fourth-order valence-electron chi connectivity index (χ4n) is 1.33. The summed E-state index contributed by atoms with van der Waals surface area (Å²) in [5, 5.41) is 2.76. The molecule has 0 atom stereocenters. The van der Waals surface area contributed by atoms with Crippen molar-refractivity contribution in [2.24, 2.45) is 0 Å². The van der Waals surface area contributed by atoms with Crippen LogP contribution in [0.15, 0.2) is 24.3 Å². The van der Waals surface area contributed by atoms with Crippen LogP contribution in [0.25, 0.3) is 10.8 Å². The molecule has 2 aromatic carbocycles. The molecule has 0 saturated carbocycles. The second kappa shape index (κ2) is 4.86. The maximum Gasteiger partial charge on any atom is 0.0343 e. The maximum absolute atomic E-state index is 2.42. The van der Waals surface area contributed by atoms with Gasteiger partial charge in [0.15, 0.2) is 0 Å². The summed E-state index contributed by atoms with van der Waals surface area (Å²) >= 11 is 9.63. The third-order valence-electron chi connectivity index (χ3n) is 1.95. The molecule has 0 spiro atoms. The van der Waals surface area contributed by atoms with Gasteiger partial charge in [-0.1, -0.05) is 12.1 Å². The van der Waals surface area contributed by atoms with E-state index >= 15 is 0 Å². The fraction of sp³-hybridized carbons (Fsp3) is 0. The number of hydrogen-bond donors (Lipinski definition) is 0. The van der Waals surface area contributed by atoms with Gasteiger partial charge in [0.2, 0.25) is 0 Å². The lowest BCUT2D eigenvalue weighted by atomic mass is 10.1. The van der Waals surface area contributed by atoms with E-state index in [1.807, 2.05) is 0 Å².